The zero-order chi connectivity index (χ0) is 20.4. The molecule has 28 heavy (non-hydrogen) atoms. The predicted octanol–water partition coefficient (Wildman–Crippen LogP) is 4.45. The summed E-state index contributed by atoms with van der Waals surface area (Å²) in [6.45, 7) is 9.82. The zero-order valence-electron chi connectivity index (χ0n) is 16.8. The molecular weight excluding hydrogens is 370 g/mol. The van der Waals surface area contributed by atoms with Gasteiger partial charge in [0.05, 0.1) is 12.1 Å². The minimum absolute atomic E-state index is 0.0783. The number of thiophene rings is 1. The normalized spacial score (nSPS) is 10.8. The number of aryl methyl sites for hydroxylation is 4. The van der Waals surface area contributed by atoms with Gasteiger partial charge in [-0.3, -0.25) is 9.59 Å². The minimum atomic E-state index is -0.240. The largest absolute Gasteiger partial charge is 0.343 e. The van der Waals surface area contributed by atoms with Crippen molar-refractivity contribution in [3.8, 4) is 5.00 Å². The van der Waals surface area contributed by atoms with Crippen LogP contribution in [-0.4, -0.2) is 22.9 Å². The molecule has 0 radical (unpaired) electrons. The lowest BCUT2D eigenvalue weighted by molar-refractivity contribution is -0.115. The Bertz CT molecular complexity index is 1010. The summed E-state index contributed by atoms with van der Waals surface area (Å²) in [5, 5.41) is 6.55. The fraction of sp³-hybridized carbons (Fsp3) is 0.273. The van der Waals surface area contributed by atoms with Gasteiger partial charge in [0.15, 0.2) is 0 Å². The van der Waals surface area contributed by atoms with Gasteiger partial charge < -0.3 is 15.2 Å². The maximum atomic E-state index is 12.8. The van der Waals surface area contributed by atoms with Gasteiger partial charge in [-0.25, -0.2) is 0 Å². The van der Waals surface area contributed by atoms with Gasteiger partial charge in [0.2, 0.25) is 5.91 Å². The van der Waals surface area contributed by atoms with E-state index >= 15 is 0 Å². The second-order valence-electron chi connectivity index (χ2n) is 7.06. The number of aromatic nitrogens is 1. The fourth-order valence-electron chi connectivity index (χ4n) is 3.34. The van der Waals surface area contributed by atoms with Crippen LogP contribution >= 0.6 is 11.3 Å². The lowest BCUT2D eigenvalue weighted by Crippen LogP contribution is -2.33. The van der Waals surface area contributed by atoms with E-state index in [1.807, 2.05) is 75.8 Å². The van der Waals surface area contributed by atoms with Crippen LogP contribution in [0.15, 0.2) is 36.7 Å². The molecule has 0 saturated carbocycles. The standard InChI is InChI=1S/C22H25N3O2S/c1-13-10-14(2)20(15(3)11-13)24-18(26)12-23-21(27)19-16(4)17(5)28-22(19)25-8-6-7-9-25/h6-11H,12H2,1-5H3,(H,23,27)(H,24,26). The molecule has 2 amide bonds. The van der Waals surface area contributed by atoms with Crippen molar-refractivity contribution in [1.29, 1.82) is 0 Å². The van der Waals surface area contributed by atoms with Crippen molar-refractivity contribution in [3.63, 3.8) is 0 Å². The number of hydrogen-bond donors (Lipinski definition) is 2. The summed E-state index contributed by atoms with van der Waals surface area (Å²) < 4.78 is 1.93. The molecule has 0 aliphatic heterocycles. The van der Waals surface area contributed by atoms with Crippen LogP contribution in [0.2, 0.25) is 0 Å². The molecule has 0 aliphatic rings. The monoisotopic (exact) mass is 395 g/mol. The van der Waals surface area contributed by atoms with Crippen molar-refractivity contribution < 1.29 is 9.59 Å². The SMILES string of the molecule is Cc1cc(C)c(NC(=O)CNC(=O)c2c(-n3cccc3)sc(C)c2C)c(C)c1. The number of benzene rings is 1. The van der Waals surface area contributed by atoms with Gasteiger partial charge in [-0.05, 0) is 63.4 Å². The maximum absolute atomic E-state index is 12.8. The third-order valence-electron chi connectivity index (χ3n) is 4.78. The Morgan fingerprint density at radius 3 is 2.21 bits per heavy atom. The Balaban J connectivity index is 1.72. The van der Waals surface area contributed by atoms with E-state index in [4.69, 9.17) is 0 Å². The average Bonchev–Trinajstić information content (AvgIpc) is 3.25. The summed E-state index contributed by atoms with van der Waals surface area (Å²) in [4.78, 5) is 26.3. The molecule has 0 bridgehead atoms. The first-order chi connectivity index (χ1) is 13.3. The van der Waals surface area contributed by atoms with Crippen LogP contribution in [0.1, 0.15) is 37.5 Å². The molecule has 0 atom stereocenters. The van der Waals surface area contributed by atoms with Crippen molar-refractivity contribution in [2.75, 3.05) is 11.9 Å². The van der Waals surface area contributed by atoms with Gasteiger partial charge in [0.25, 0.3) is 5.91 Å². The molecule has 6 heteroatoms. The molecule has 3 rings (SSSR count). The molecule has 2 heterocycles. The van der Waals surface area contributed by atoms with Crippen LogP contribution in [0.25, 0.3) is 5.00 Å². The molecular formula is C22H25N3O2S. The molecule has 0 saturated heterocycles. The molecule has 0 unspecified atom stereocenters. The van der Waals surface area contributed by atoms with Crippen LogP contribution in [0.4, 0.5) is 5.69 Å². The molecule has 5 nitrogen and oxygen atoms in total. The Morgan fingerprint density at radius 1 is 1.00 bits per heavy atom. The number of anilines is 1. The van der Waals surface area contributed by atoms with Crippen LogP contribution in [0.5, 0.6) is 0 Å². The summed E-state index contributed by atoms with van der Waals surface area (Å²) in [5.41, 5.74) is 5.54. The lowest BCUT2D eigenvalue weighted by Gasteiger charge is -2.13. The molecule has 1 aromatic carbocycles. The molecule has 2 aromatic heterocycles. The zero-order valence-corrected chi connectivity index (χ0v) is 17.7. The van der Waals surface area contributed by atoms with Gasteiger partial charge >= 0.3 is 0 Å². The summed E-state index contributed by atoms with van der Waals surface area (Å²) in [7, 11) is 0. The van der Waals surface area contributed by atoms with E-state index in [0.29, 0.717) is 5.56 Å². The number of nitrogens with zero attached hydrogens (tertiary/aromatic N) is 1. The molecule has 3 aromatic rings. The number of carbonyl (C=O) groups is 2. The summed E-state index contributed by atoms with van der Waals surface area (Å²) in [5.74, 6) is -0.478. The molecule has 0 spiro atoms. The highest BCUT2D eigenvalue weighted by molar-refractivity contribution is 7.15. The Hall–Kier alpha value is -2.86. The van der Waals surface area contributed by atoms with E-state index in [9.17, 15) is 9.59 Å². The maximum Gasteiger partial charge on any atom is 0.255 e. The smallest absolute Gasteiger partial charge is 0.255 e. The number of amides is 2. The van der Waals surface area contributed by atoms with Crippen LogP contribution < -0.4 is 10.6 Å². The highest BCUT2D eigenvalue weighted by Gasteiger charge is 2.21. The lowest BCUT2D eigenvalue weighted by atomic mass is 10.1. The predicted molar refractivity (Wildman–Crippen MR) is 115 cm³/mol. The van der Waals surface area contributed by atoms with Crippen LogP contribution in [0, 0.1) is 34.6 Å². The first-order valence-electron chi connectivity index (χ1n) is 9.17. The first kappa shape index (κ1) is 19.9. The second kappa shape index (κ2) is 8.02. The number of nitrogens with one attached hydrogen (secondary N) is 2. The fourth-order valence-corrected chi connectivity index (χ4v) is 4.46. The third kappa shape index (κ3) is 4.02. The molecule has 2 N–H and O–H groups in total. The van der Waals surface area contributed by atoms with Gasteiger partial charge in [-0.15, -0.1) is 11.3 Å². The Labute approximate surface area is 169 Å². The molecule has 0 fully saturated rings. The van der Waals surface area contributed by atoms with Gasteiger partial charge in [-0.2, -0.15) is 0 Å². The van der Waals surface area contributed by atoms with Crippen LogP contribution in [0.3, 0.4) is 0 Å². The summed E-state index contributed by atoms with van der Waals surface area (Å²) in [6.07, 6.45) is 3.83. The Morgan fingerprint density at radius 2 is 1.61 bits per heavy atom. The van der Waals surface area contributed by atoms with Crippen molar-refractivity contribution >= 4 is 28.8 Å². The van der Waals surface area contributed by atoms with Crippen LogP contribution in [-0.2, 0) is 4.79 Å². The highest BCUT2D eigenvalue weighted by Crippen LogP contribution is 2.30. The van der Waals surface area contributed by atoms with E-state index in [-0.39, 0.29) is 18.4 Å². The van der Waals surface area contributed by atoms with Gasteiger partial charge in [-0.1, -0.05) is 17.7 Å². The Kier molecular flexibility index (Phi) is 5.70. The van der Waals surface area contributed by atoms with Crippen molar-refractivity contribution in [2.45, 2.75) is 34.6 Å². The van der Waals surface area contributed by atoms with Gasteiger partial charge in [0.1, 0.15) is 5.00 Å². The first-order valence-corrected chi connectivity index (χ1v) is 9.98. The molecule has 0 aliphatic carbocycles. The van der Waals surface area contributed by atoms with E-state index in [1.54, 1.807) is 11.3 Å². The number of carbonyl (C=O) groups excluding carboxylic acids is 2. The van der Waals surface area contributed by atoms with Crippen molar-refractivity contribution in [3.05, 3.63) is 69.4 Å². The second-order valence-corrected chi connectivity index (χ2v) is 8.26. The number of hydrogen-bond acceptors (Lipinski definition) is 3. The average molecular weight is 396 g/mol. The van der Waals surface area contributed by atoms with E-state index < -0.39 is 0 Å². The summed E-state index contributed by atoms with van der Waals surface area (Å²) in [6, 6.07) is 7.90. The van der Waals surface area contributed by atoms with Crippen molar-refractivity contribution in [2.24, 2.45) is 0 Å². The van der Waals surface area contributed by atoms with Crippen molar-refractivity contribution in [1.82, 2.24) is 9.88 Å². The highest BCUT2D eigenvalue weighted by atomic mass is 32.1. The van der Waals surface area contributed by atoms with Gasteiger partial charge in [0, 0.05) is 23.0 Å². The molecule has 146 valence electrons. The summed E-state index contributed by atoms with van der Waals surface area (Å²) >= 11 is 1.57. The van der Waals surface area contributed by atoms with E-state index in [0.717, 1.165) is 37.8 Å². The number of rotatable bonds is 5. The quantitative estimate of drug-likeness (QED) is 0.670. The topological polar surface area (TPSA) is 63.1 Å². The third-order valence-corrected chi connectivity index (χ3v) is 6.00. The van der Waals surface area contributed by atoms with E-state index in [1.165, 1.54) is 0 Å². The minimum Gasteiger partial charge on any atom is -0.343 e. The van der Waals surface area contributed by atoms with E-state index in [2.05, 4.69) is 10.6 Å².